The van der Waals surface area contributed by atoms with Crippen LogP contribution < -0.4 is 10.2 Å². The lowest BCUT2D eigenvalue weighted by Crippen LogP contribution is -2.57. The fourth-order valence-corrected chi connectivity index (χ4v) is 2.20. The van der Waals surface area contributed by atoms with Crippen molar-refractivity contribution in [2.75, 3.05) is 11.9 Å². The predicted octanol–water partition coefficient (Wildman–Crippen LogP) is 1.96. The smallest absolute Gasteiger partial charge is 0.329 e. The fourth-order valence-electron chi connectivity index (χ4n) is 2.20. The predicted molar refractivity (Wildman–Crippen MR) is 76.9 cm³/mol. The molecular formula is C15H17N3O3. The van der Waals surface area contributed by atoms with E-state index in [2.05, 4.69) is 5.32 Å². The number of amides is 2. The standard InChI is InChI=1S/C15H17N3O3/c1-15(13(19)20,11-6-7-11)17-14(21)18(2)12-5-3-4-10(8-12)9-16/h3-5,8,11H,6-7H2,1-2H3,(H,17,21)(H,19,20). The highest BCUT2D eigenvalue weighted by Crippen LogP contribution is 2.39. The van der Waals surface area contributed by atoms with Gasteiger partial charge in [0, 0.05) is 12.7 Å². The molecule has 2 rings (SSSR count). The van der Waals surface area contributed by atoms with Gasteiger partial charge in [0.25, 0.3) is 0 Å². The van der Waals surface area contributed by atoms with Crippen LogP contribution in [-0.4, -0.2) is 29.7 Å². The molecule has 2 N–H and O–H groups in total. The number of urea groups is 1. The van der Waals surface area contributed by atoms with Gasteiger partial charge in [-0.1, -0.05) is 6.07 Å². The van der Waals surface area contributed by atoms with Crippen LogP contribution >= 0.6 is 0 Å². The monoisotopic (exact) mass is 287 g/mol. The van der Waals surface area contributed by atoms with E-state index < -0.39 is 17.5 Å². The number of carbonyl (C=O) groups is 2. The molecule has 1 aliphatic rings. The minimum atomic E-state index is -1.25. The molecule has 0 radical (unpaired) electrons. The Balaban J connectivity index is 2.15. The van der Waals surface area contributed by atoms with Crippen LogP contribution in [0.25, 0.3) is 0 Å². The Morgan fingerprint density at radius 2 is 2.14 bits per heavy atom. The van der Waals surface area contributed by atoms with Crippen LogP contribution in [0.5, 0.6) is 0 Å². The van der Waals surface area contributed by atoms with Crippen molar-refractivity contribution in [3.8, 4) is 6.07 Å². The molecule has 1 atom stereocenters. The summed E-state index contributed by atoms with van der Waals surface area (Å²) < 4.78 is 0. The number of benzene rings is 1. The first-order chi connectivity index (χ1) is 9.88. The van der Waals surface area contributed by atoms with Crippen molar-refractivity contribution in [2.45, 2.75) is 25.3 Å². The molecular weight excluding hydrogens is 270 g/mol. The number of nitrogens with one attached hydrogen (secondary N) is 1. The molecule has 1 aromatic carbocycles. The van der Waals surface area contributed by atoms with E-state index in [9.17, 15) is 14.7 Å². The number of hydrogen-bond acceptors (Lipinski definition) is 3. The second-order valence-corrected chi connectivity index (χ2v) is 5.43. The average Bonchev–Trinajstić information content (AvgIpc) is 3.31. The summed E-state index contributed by atoms with van der Waals surface area (Å²) >= 11 is 0. The van der Waals surface area contributed by atoms with Crippen LogP contribution in [0.2, 0.25) is 0 Å². The van der Waals surface area contributed by atoms with Gasteiger partial charge in [-0.15, -0.1) is 0 Å². The average molecular weight is 287 g/mol. The number of nitrogens with zero attached hydrogens (tertiary/aromatic N) is 2. The summed E-state index contributed by atoms with van der Waals surface area (Å²) in [6, 6.07) is 8.09. The Bertz CT molecular complexity index is 619. The maximum absolute atomic E-state index is 12.3. The molecule has 2 amide bonds. The molecule has 1 aliphatic carbocycles. The minimum absolute atomic E-state index is 0.0298. The van der Waals surface area contributed by atoms with Crippen molar-refractivity contribution >= 4 is 17.7 Å². The number of carboxylic acid groups (broad SMARTS) is 1. The molecule has 110 valence electrons. The molecule has 6 nitrogen and oxygen atoms in total. The summed E-state index contributed by atoms with van der Waals surface area (Å²) in [7, 11) is 1.54. The number of rotatable bonds is 4. The lowest BCUT2D eigenvalue weighted by molar-refractivity contribution is -0.144. The van der Waals surface area contributed by atoms with Crippen LogP contribution in [0, 0.1) is 17.2 Å². The lowest BCUT2D eigenvalue weighted by atomic mass is 9.96. The van der Waals surface area contributed by atoms with E-state index in [0.717, 1.165) is 12.8 Å². The van der Waals surface area contributed by atoms with Crippen molar-refractivity contribution in [3.05, 3.63) is 29.8 Å². The highest BCUT2D eigenvalue weighted by atomic mass is 16.4. The zero-order valence-corrected chi connectivity index (χ0v) is 12.0. The van der Waals surface area contributed by atoms with Gasteiger partial charge in [-0.2, -0.15) is 5.26 Å². The van der Waals surface area contributed by atoms with Gasteiger partial charge in [0.05, 0.1) is 11.6 Å². The SMILES string of the molecule is CN(C(=O)NC(C)(C(=O)O)C1CC1)c1cccc(C#N)c1. The quantitative estimate of drug-likeness (QED) is 0.885. The van der Waals surface area contributed by atoms with Gasteiger partial charge in [-0.25, -0.2) is 9.59 Å². The van der Waals surface area contributed by atoms with Crippen LogP contribution in [-0.2, 0) is 4.79 Å². The molecule has 6 heteroatoms. The van der Waals surface area contributed by atoms with Crippen LogP contribution in [0.4, 0.5) is 10.5 Å². The van der Waals surface area contributed by atoms with Gasteiger partial charge < -0.3 is 10.4 Å². The van der Waals surface area contributed by atoms with E-state index in [1.54, 1.807) is 31.3 Å². The summed E-state index contributed by atoms with van der Waals surface area (Å²) in [6.45, 7) is 1.53. The highest BCUT2D eigenvalue weighted by Gasteiger charge is 2.49. The minimum Gasteiger partial charge on any atom is -0.480 e. The van der Waals surface area contributed by atoms with E-state index in [-0.39, 0.29) is 5.92 Å². The Labute approximate surface area is 123 Å². The Kier molecular flexibility index (Phi) is 3.85. The largest absolute Gasteiger partial charge is 0.480 e. The topological polar surface area (TPSA) is 93.4 Å². The van der Waals surface area contributed by atoms with Crippen LogP contribution in [0.15, 0.2) is 24.3 Å². The molecule has 1 fully saturated rings. The molecule has 0 spiro atoms. The van der Waals surface area contributed by atoms with Crippen molar-refractivity contribution in [2.24, 2.45) is 5.92 Å². The normalized spacial score (nSPS) is 16.4. The number of carboxylic acids is 1. The summed E-state index contributed by atoms with van der Waals surface area (Å²) in [5, 5.41) is 20.8. The van der Waals surface area contributed by atoms with Gasteiger partial charge in [0.2, 0.25) is 0 Å². The third-order valence-corrected chi connectivity index (χ3v) is 3.87. The van der Waals surface area contributed by atoms with Gasteiger partial charge in [0.15, 0.2) is 0 Å². The maximum atomic E-state index is 12.3. The van der Waals surface area contributed by atoms with Gasteiger partial charge in [-0.05, 0) is 43.9 Å². The van der Waals surface area contributed by atoms with E-state index in [0.29, 0.717) is 11.3 Å². The van der Waals surface area contributed by atoms with Crippen molar-refractivity contribution in [1.29, 1.82) is 5.26 Å². The Morgan fingerprint density at radius 3 is 2.67 bits per heavy atom. The van der Waals surface area contributed by atoms with Crippen LogP contribution in [0.1, 0.15) is 25.3 Å². The fraction of sp³-hybridized carbons (Fsp3) is 0.400. The molecule has 21 heavy (non-hydrogen) atoms. The Hall–Kier alpha value is -2.55. The first kappa shape index (κ1) is 14.9. The first-order valence-corrected chi connectivity index (χ1v) is 6.68. The maximum Gasteiger partial charge on any atom is 0.329 e. The molecule has 0 heterocycles. The summed E-state index contributed by atoms with van der Waals surface area (Å²) in [4.78, 5) is 25.0. The second kappa shape index (κ2) is 5.44. The lowest BCUT2D eigenvalue weighted by Gasteiger charge is -2.29. The third kappa shape index (κ3) is 2.97. The summed E-state index contributed by atoms with van der Waals surface area (Å²) in [5.41, 5.74) is -0.275. The number of carbonyl (C=O) groups excluding carboxylic acids is 1. The molecule has 0 aromatic heterocycles. The summed E-state index contributed by atoms with van der Waals surface area (Å²) in [5.74, 6) is -1.06. The third-order valence-electron chi connectivity index (χ3n) is 3.87. The number of anilines is 1. The van der Waals surface area contributed by atoms with Gasteiger partial charge in [-0.3, -0.25) is 4.90 Å². The van der Waals surface area contributed by atoms with Crippen LogP contribution in [0.3, 0.4) is 0 Å². The van der Waals surface area contributed by atoms with Gasteiger partial charge >= 0.3 is 12.0 Å². The Morgan fingerprint density at radius 1 is 1.48 bits per heavy atom. The zero-order chi connectivity index (χ0) is 15.6. The van der Waals surface area contributed by atoms with Crippen molar-refractivity contribution in [3.63, 3.8) is 0 Å². The summed E-state index contributed by atoms with van der Waals surface area (Å²) in [6.07, 6.45) is 1.60. The molecule has 1 unspecified atom stereocenters. The number of hydrogen-bond donors (Lipinski definition) is 2. The second-order valence-electron chi connectivity index (χ2n) is 5.43. The molecule has 1 aromatic rings. The van der Waals surface area contributed by atoms with E-state index in [1.165, 1.54) is 11.8 Å². The van der Waals surface area contributed by atoms with E-state index >= 15 is 0 Å². The first-order valence-electron chi connectivity index (χ1n) is 6.68. The van der Waals surface area contributed by atoms with Crippen molar-refractivity contribution in [1.82, 2.24) is 5.32 Å². The molecule has 0 saturated heterocycles. The zero-order valence-electron chi connectivity index (χ0n) is 12.0. The molecule has 0 aliphatic heterocycles. The number of aliphatic carboxylic acids is 1. The van der Waals surface area contributed by atoms with Gasteiger partial charge in [0.1, 0.15) is 5.54 Å². The van der Waals surface area contributed by atoms with E-state index in [4.69, 9.17) is 5.26 Å². The molecule has 0 bridgehead atoms. The van der Waals surface area contributed by atoms with E-state index in [1.807, 2.05) is 6.07 Å². The molecule has 1 saturated carbocycles. The van der Waals surface area contributed by atoms with Crippen molar-refractivity contribution < 1.29 is 14.7 Å². The highest BCUT2D eigenvalue weighted by molar-refractivity contribution is 5.95. The number of nitriles is 1.